The molecule has 8 heteroatoms. The van der Waals surface area contributed by atoms with Crippen LogP contribution in [0.4, 0.5) is 0 Å². The van der Waals surface area contributed by atoms with Crippen LogP contribution in [0.25, 0.3) is 28.3 Å². The fourth-order valence-corrected chi connectivity index (χ4v) is 4.30. The Hall–Kier alpha value is -4.59. The van der Waals surface area contributed by atoms with Gasteiger partial charge in [0.2, 0.25) is 0 Å². The van der Waals surface area contributed by atoms with Crippen molar-refractivity contribution in [1.29, 1.82) is 0 Å². The average molecular weight is 465 g/mol. The summed E-state index contributed by atoms with van der Waals surface area (Å²) in [6.07, 6.45) is 7.16. The van der Waals surface area contributed by atoms with Crippen LogP contribution in [0.1, 0.15) is 47.3 Å². The lowest BCUT2D eigenvalue weighted by molar-refractivity contribution is 0.0938. The molecule has 1 N–H and O–H groups in total. The Morgan fingerprint density at radius 1 is 1.09 bits per heavy atom. The summed E-state index contributed by atoms with van der Waals surface area (Å²) in [6.45, 7) is 5.49. The van der Waals surface area contributed by atoms with Crippen LogP contribution in [-0.4, -0.2) is 30.1 Å². The number of nitrogens with one attached hydrogen (secondary N) is 1. The third kappa shape index (κ3) is 3.89. The highest BCUT2D eigenvalue weighted by Crippen LogP contribution is 2.22. The monoisotopic (exact) mass is 464 g/mol. The maximum absolute atomic E-state index is 13.8. The van der Waals surface area contributed by atoms with Crippen LogP contribution >= 0.6 is 0 Å². The van der Waals surface area contributed by atoms with Crippen LogP contribution in [-0.2, 0) is 0 Å². The number of nitrogens with zero attached hydrogens (tertiary/aromatic N) is 5. The number of benzene rings is 2. The first-order valence-corrected chi connectivity index (χ1v) is 11.3. The van der Waals surface area contributed by atoms with Gasteiger partial charge in [0.15, 0.2) is 5.65 Å². The van der Waals surface area contributed by atoms with E-state index < -0.39 is 6.04 Å². The van der Waals surface area contributed by atoms with Crippen molar-refractivity contribution in [2.24, 2.45) is 0 Å². The summed E-state index contributed by atoms with van der Waals surface area (Å²) in [6, 6.07) is 16.1. The van der Waals surface area contributed by atoms with Crippen LogP contribution in [0.3, 0.4) is 0 Å². The first kappa shape index (κ1) is 22.2. The zero-order valence-electron chi connectivity index (χ0n) is 19.6. The lowest BCUT2D eigenvalue weighted by Crippen LogP contribution is -2.33. The second-order valence-electron chi connectivity index (χ2n) is 8.23. The van der Waals surface area contributed by atoms with E-state index in [0.29, 0.717) is 39.3 Å². The molecule has 0 aliphatic rings. The topological polar surface area (TPSA) is 94.2 Å². The van der Waals surface area contributed by atoms with E-state index >= 15 is 0 Å². The Bertz CT molecular complexity index is 1650. The van der Waals surface area contributed by atoms with Crippen LogP contribution < -0.4 is 10.9 Å². The first-order valence-electron chi connectivity index (χ1n) is 11.3. The molecule has 3 aromatic heterocycles. The summed E-state index contributed by atoms with van der Waals surface area (Å²) in [5.41, 5.74) is 3.27. The van der Waals surface area contributed by atoms with Gasteiger partial charge in [-0.2, -0.15) is 5.10 Å². The second-order valence-corrected chi connectivity index (χ2v) is 8.23. The van der Waals surface area contributed by atoms with Crippen molar-refractivity contribution in [3.05, 3.63) is 106 Å². The molecule has 0 saturated heterocycles. The molecule has 1 amide bonds. The van der Waals surface area contributed by atoms with Gasteiger partial charge in [-0.05, 0) is 50.6 Å². The van der Waals surface area contributed by atoms with Gasteiger partial charge in [-0.25, -0.2) is 14.5 Å². The van der Waals surface area contributed by atoms with Gasteiger partial charge in [-0.1, -0.05) is 42.5 Å². The van der Waals surface area contributed by atoms with E-state index in [9.17, 15) is 9.59 Å². The number of carbonyl (C=O) groups excluding carboxylic acids is 1. The fourth-order valence-electron chi connectivity index (χ4n) is 4.30. The molecule has 8 nitrogen and oxygen atoms in total. The predicted octanol–water partition coefficient (Wildman–Crippen LogP) is 4.26. The SMILES string of the molecule is C/C=C/c1cccc2nc([C@H](C)NC(=O)c3c(C)nn4cccnc34)n(-c3ccccc3)c(=O)c12. The summed E-state index contributed by atoms with van der Waals surface area (Å²) < 4.78 is 3.15. The Morgan fingerprint density at radius 2 is 1.89 bits per heavy atom. The van der Waals surface area contributed by atoms with Crippen molar-refractivity contribution in [2.45, 2.75) is 26.8 Å². The lowest BCUT2D eigenvalue weighted by Gasteiger charge is -2.20. The molecule has 0 saturated carbocycles. The minimum Gasteiger partial charge on any atom is -0.342 e. The van der Waals surface area contributed by atoms with E-state index in [0.717, 1.165) is 5.56 Å². The van der Waals surface area contributed by atoms with Gasteiger partial charge in [0.05, 0.1) is 28.3 Å². The number of hydrogen-bond donors (Lipinski definition) is 1. The van der Waals surface area contributed by atoms with E-state index in [2.05, 4.69) is 15.4 Å². The van der Waals surface area contributed by atoms with Gasteiger partial charge in [0.1, 0.15) is 11.4 Å². The first-order chi connectivity index (χ1) is 17.0. The van der Waals surface area contributed by atoms with Gasteiger partial charge < -0.3 is 5.32 Å². The van der Waals surface area contributed by atoms with Crippen molar-refractivity contribution >= 4 is 28.5 Å². The minimum atomic E-state index is -0.580. The predicted molar refractivity (Wildman–Crippen MR) is 136 cm³/mol. The third-order valence-electron chi connectivity index (χ3n) is 5.85. The molecule has 2 aromatic carbocycles. The number of amides is 1. The maximum Gasteiger partial charge on any atom is 0.266 e. The highest BCUT2D eigenvalue weighted by Gasteiger charge is 2.24. The van der Waals surface area contributed by atoms with Gasteiger partial charge in [-0.15, -0.1) is 0 Å². The molecule has 1 atom stereocenters. The van der Waals surface area contributed by atoms with Crippen molar-refractivity contribution in [2.75, 3.05) is 0 Å². The quantitative estimate of drug-likeness (QED) is 0.419. The second kappa shape index (κ2) is 8.98. The Morgan fingerprint density at radius 3 is 2.66 bits per heavy atom. The van der Waals surface area contributed by atoms with Gasteiger partial charge in [0.25, 0.3) is 11.5 Å². The molecule has 5 aromatic rings. The number of rotatable bonds is 5. The van der Waals surface area contributed by atoms with E-state index in [-0.39, 0.29) is 11.5 Å². The maximum atomic E-state index is 13.8. The number of para-hydroxylation sites is 1. The smallest absolute Gasteiger partial charge is 0.266 e. The van der Waals surface area contributed by atoms with E-state index in [4.69, 9.17) is 4.98 Å². The highest BCUT2D eigenvalue weighted by molar-refractivity contribution is 6.01. The molecule has 174 valence electrons. The zero-order chi connectivity index (χ0) is 24.5. The number of carbonyl (C=O) groups is 1. The van der Waals surface area contributed by atoms with Gasteiger partial charge in [-0.3, -0.25) is 14.2 Å². The molecule has 5 rings (SSSR count). The number of allylic oxidation sites excluding steroid dienone is 1. The largest absolute Gasteiger partial charge is 0.342 e. The van der Waals surface area contributed by atoms with E-state index in [1.807, 2.05) is 74.5 Å². The van der Waals surface area contributed by atoms with E-state index in [1.54, 1.807) is 34.5 Å². The number of aromatic nitrogens is 5. The summed E-state index contributed by atoms with van der Waals surface area (Å²) >= 11 is 0. The molecular weight excluding hydrogens is 440 g/mol. The third-order valence-corrected chi connectivity index (χ3v) is 5.85. The Balaban J connectivity index is 1.66. The molecule has 0 bridgehead atoms. The molecule has 0 aliphatic carbocycles. The normalized spacial score (nSPS) is 12.4. The number of aryl methyl sites for hydroxylation is 1. The summed E-state index contributed by atoms with van der Waals surface area (Å²) in [5, 5.41) is 7.91. The average Bonchev–Trinajstić information content (AvgIpc) is 3.20. The molecule has 35 heavy (non-hydrogen) atoms. The van der Waals surface area contributed by atoms with Gasteiger partial charge in [0, 0.05) is 12.4 Å². The Labute approximate surface area is 201 Å². The van der Waals surface area contributed by atoms with Gasteiger partial charge >= 0.3 is 0 Å². The molecule has 0 unspecified atom stereocenters. The summed E-state index contributed by atoms with van der Waals surface area (Å²) in [5.74, 6) is 0.0992. The summed E-state index contributed by atoms with van der Waals surface area (Å²) in [7, 11) is 0. The van der Waals surface area contributed by atoms with Crippen LogP contribution in [0.15, 0.2) is 77.9 Å². The van der Waals surface area contributed by atoms with Crippen LogP contribution in [0.5, 0.6) is 0 Å². The number of fused-ring (bicyclic) bond motifs is 2. The summed E-state index contributed by atoms with van der Waals surface area (Å²) in [4.78, 5) is 36.3. The molecule has 0 spiro atoms. The molecule has 0 fully saturated rings. The zero-order valence-corrected chi connectivity index (χ0v) is 19.6. The fraction of sp³-hybridized carbons (Fsp3) is 0.148. The minimum absolute atomic E-state index is 0.195. The van der Waals surface area contributed by atoms with Crippen molar-refractivity contribution < 1.29 is 4.79 Å². The van der Waals surface area contributed by atoms with Crippen LogP contribution in [0, 0.1) is 6.92 Å². The van der Waals surface area contributed by atoms with Crippen molar-refractivity contribution in [3.63, 3.8) is 0 Å². The van der Waals surface area contributed by atoms with Crippen molar-refractivity contribution in [1.82, 2.24) is 29.5 Å². The Kier molecular flexibility index (Phi) is 5.70. The molecule has 3 heterocycles. The molecule has 0 aliphatic heterocycles. The van der Waals surface area contributed by atoms with Crippen LogP contribution in [0.2, 0.25) is 0 Å². The lowest BCUT2D eigenvalue weighted by atomic mass is 10.1. The van der Waals surface area contributed by atoms with Crippen molar-refractivity contribution in [3.8, 4) is 5.69 Å². The van der Waals surface area contributed by atoms with E-state index in [1.165, 1.54) is 0 Å². The number of hydrogen-bond acceptors (Lipinski definition) is 5. The standard InChI is InChI=1S/C27H24N6O2/c1-4-10-19-11-8-14-21-23(19)27(35)33(20-12-6-5-7-13-20)24(30-21)18(3)29-26(34)22-17(2)31-32-16-9-15-28-25(22)32/h4-16,18H,1-3H3,(H,29,34)/b10-4+/t18-/m0/s1. The highest BCUT2D eigenvalue weighted by atomic mass is 16.2. The molecular formula is C27H24N6O2. The molecule has 0 radical (unpaired) electrons.